The van der Waals surface area contributed by atoms with Crippen molar-refractivity contribution in [3.8, 4) is 5.75 Å². The van der Waals surface area contributed by atoms with Crippen LogP contribution in [0.1, 0.15) is 11.1 Å². The van der Waals surface area contributed by atoms with Gasteiger partial charge in [0, 0.05) is 5.56 Å². The summed E-state index contributed by atoms with van der Waals surface area (Å²) < 4.78 is 16.3. The van der Waals surface area contributed by atoms with Gasteiger partial charge in [0.2, 0.25) is 6.29 Å². The molecule has 1 heterocycles. The van der Waals surface area contributed by atoms with Crippen molar-refractivity contribution in [1.82, 2.24) is 0 Å². The van der Waals surface area contributed by atoms with Crippen molar-refractivity contribution in [3.05, 3.63) is 65.7 Å². The first-order chi connectivity index (χ1) is 14.0. The second-order valence-electron chi connectivity index (χ2n) is 6.74. The van der Waals surface area contributed by atoms with Gasteiger partial charge in [-0.05, 0) is 11.6 Å². The summed E-state index contributed by atoms with van der Waals surface area (Å²) in [6.45, 7) is -0.608. The maximum atomic E-state index is 12.0. The number of hydrogen-bond acceptors (Lipinski definition) is 8. The van der Waals surface area contributed by atoms with Crippen molar-refractivity contribution >= 4 is 5.97 Å². The predicted molar refractivity (Wildman–Crippen MR) is 101 cm³/mol. The normalized spacial score (nSPS) is 26.7. The van der Waals surface area contributed by atoms with Crippen LogP contribution >= 0.6 is 0 Å². The molecule has 5 atom stereocenters. The lowest BCUT2D eigenvalue weighted by Crippen LogP contribution is -2.60. The summed E-state index contributed by atoms with van der Waals surface area (Å²) in [4.78, 5) is 12.0. The Balaban J connectivity index is 1.62. The molecule has 0 bridgehead atoms. The van der Waals surface area contributed by atoms with Gasteiger partial charge in [-0.3, -0.25) is 4.79 Å². The molecule has 0 radical (unpaired) electrons. The van der Waals surface area contributed by atoms with Gasteiger partial charge in [-0.15, -0.1) is 0 Å². The fourth-order valence-corrected chi connectivity index (χ4v) is 3.01. The lowest BCUT2D eigenvalue weighted by molar-refractivity contribution is -0.278. The number of ether oxygens (including phenoxy) is 3. The van der Waals surface area contributed by atoms with Gasteiger partial charge >= 0.3 is 5.97 Å². The van der Waals surface area contributed by atoms with Crippen LogP contribution < -0.4 is 4.74 Å². The van der Waals surface area contributed by atoms with Crippen LogP contribution in [-0.2, 0) is 27.3 Å². The molecule has 0 saturated carbocycles. The highest BCUT2D eigenvalue weighted by Crippen LogP contribution is 2.26. The van der Waals surface area contributed by atoms with Crippen LogP contribution in [-0.4, -0.2) is 63.7 Å². The summed E-state index contributed by atoms with van der Waals surface area (Å²) in [7, 11) is 0. The van der Waals surface area contributed by atoms with E-state index in [-0.39, 0.29) is 25.4 Å². The fourth-order valence-electron chi connectivity index (χ4n) is 3.01. The molecule has 1 aliphatic rings. The summed E-state index contributed by atoms with van der Waals surface area (Å²) in [5, 5.41) is 39.9. The van der Waals surface area contributed by atoms with E-state index in [0.717, 1.165) is 5.56 Å². The summed E-state index contributed by atoms with van der Waals surface area (Å²) in [6, 6.07) is 15.6. The molecule has 1 fully saturated rings. The molecule has 4 N–H and O–H groups in total. The minimum atomic E-state index is -1.56. The minimum Gasteiger partial charge on any atom is -0.463 e. The van der Waals surface area contributed by atoms with E-state index in [9.17, 15) is 25.2 Å². The summed E-state index contributed by atoms with van der Waals surface area (Å²) >= 11 is 0. The number of para-hydroxylation sites is 1. The van der Waals surface area contributed by atoms with Crippen molar-refractivity contribution in [1.29, 1.82) is 0 Å². The number of aliphatic hydroxyl groups excluding tert-OH is 4. The first kappa shape index (κ1) is 21.2. The largest absolute Gasteiger partial charge is 0.463 e. The topological polar surface area (TPSA) is 126 Å². The highest BCUT2D eigenvalue weighted by atomic mass is 16.7. The second kappa shape index (κ2) is 9.82. The Hall–Kier alpha value is -2.49. The van der Waals surface area contributed by atoms with Gasteiger partial charge in [-0.1, -0.05) is 48.5 Å². The number of carbonyl (C=O) groups is 1. The highest BCUT2D eigenvalue weighted by Gasteiger charge is 2.45. The van der Waals surface area contributed by atoms with Gasteiger partial charge in [0.1, 0.15) is 36.8 Å². The van der Waals surface area contributed by atoms with Crippen LogP contribution in [0.2, 0.25) is 0 Å². The van der Waals surface area contributed by atoms with Crippen LogP contribution in [0, 0.1) is 0 Å². The molecule has 0 unspecified atom stereocenters. The van der Waals surface area contributed by atoms with E-state index in [0.29, 0.717) is 5.56 Å². The number of hydrogen-bond donors (Lipinski definition) is 4. The Labute approximate surface area is 167 Å². The molecule has 2 aromatic rings. The van der Waals surface area contributed by atoms with E-state index >= 15 is 0 Å². The smallest absolute Gasteiger partial charge is 0.310 e. The monoisotopic (exact) mass is 404 g/mol. The molecule has 1 aliphatic heterocycles. The van der Waals surface area contributed by atoms with E-state index in [1.54, 1.807) is 48.5 Å². The van der Waals surface area contributed by atoms with E-state index < -0.39 is 36.7 Å². The average molecular weight is 404 g/mol. The Morgan fingerprint density at radius 3 is 2.34 bits per heavy atom. The van der Waals surface area contributed by atoms with Gasteiger partial charge in [0.05, 0.1) is 13.0 Å². The van der Waals surface area contributed by atoms with E-state index in [1.165, 1.54) is 0 Å². The van der Waals surface area contributed by atoms with Crippen LogP contribution in [0.25, 0.3) is 0 Å². The van der Waals surface area contributed by atoms with Gasteiger partial charge in [0.25, 0.3) is 0 Å². The standard InChI is InChI=1S/C21H24O8/c22-11-14-8-4-5-9-15(14)28-21-20(26)19(25)18(24)16(29-21)12-27-17(23)10-13-6-2-1-3-7-13/h1-9,16,18-22,24-26H,10-12H2/t16-,18-,19+,20-,21-/m1/s1. The molecule has 0 spiro atoms. The fraction of sp³-hybridized carbons (Fsp3) is 0.381. The van der Waals surface area contributed by atoms with Crippen LogP contribution in [0.4, 0.5) is 0 Å². The third kappa shape index (κ3) is 5.31. The van der Waals surface area contributed by atoms with Crippen molar-refractivity contribution in [3.63, 3.8) is 0 Å². The molecule has 156 valence electrons. The molecule has 2 aromatic carbocycles. The molecular weight excluding hydrogens is 380 g/mol. The molecule has 0 amide bonds. The molecular formula is C21H24O8. The number of rotatable bonds is 7. The second-order valence-corrected chi connectivity index (χ2v) is 6.74. The van der Waals surface area contributed by atoms with Gasteiger partial charge in [0.15, 0.2) is 0 Å². The lowest BCUT2D eigenvalue weighted by atomic mass is 9.99. The van der Waals surface area contributed by atoms with Gasteiger partial charge in [-0.25, -0.2) is 0 Å². The number of benzene rings is 2. The van der Waals surface area contributed by atoms with E-state index in [2.05, 4.69) is 0 Å². The lowest BCUT2D eigenvalue weighted by Gasteiger charge is -2.40. The van der Waals surface area contributed by atoms with Crippen LogP contribution in [0.15, 0.2) is 54.6 Å². The van der Waals surface area contributed by atoms with Crippen LogP contribution in [0.3, 0.4) is 0 Å². The third-order valence-electron chi connectivity index (χ3n) is 4.65. The molecule has 0 aliphatic carbocycles. The van der Waals surface area contributed by atoms with E-state index in [4.69, 9.17) is 14.2 Å². The summed E-state index contributed by atoms with van der Waals surface area (Å²) in [5.41, 5.74) is 1.25. The first-order valence-corrected chi connectivity index (χ1v) is 9.24. The SMILES string of the molecule is O=C(Cc1ccccc1)OC[C@H]1O[C@@H](Oc2ccccc2CO)[C@H](O)[C@@H](O)[C@@H]1O. The molecule has 8 nitrogen and oxygen atoms in total. The quantitative estimate of drug-likeness (QED) is 0.481. The van der Waals surface area contributed by atoms with Crippen molar-refractivity contribution in [2.24, 2.45) is 0 Å². The first-order valence-electron chi connectivity index (χ1n) is 9.24. The zero-order valence-electron chi connectivity index (χ0n) is 15.6. The Morgan fingerprint density at radius 2 is 1.62 bits per heavy atom. The molecule has 8 heteroatoms. The van der Waals surface area contributed by atoms with Gasteiger partial charge < -0.3 is 34.6 Å². The zero-order chi connectivity index (χ0) is 20.8. The molecule has 1 saturated heterocycles. The van der Waals surface area contributed by atoms with Crippen molar-refractivity contribution < 1.29 is 39.4 Å². The Kier molecular flexibility index (Phi) is 7.18. The van der Waals surface area contributed by atoms with Gasteiger partial charge in [-0.2, -0.15) is 0 Å². The summed E-state index contributed by atoms with van der Waals surface area (Å²) in [5.74, 6) is -0.252. The number of carbonyl (C=O) groups excluding carboxylic acids is 1. The Bertz CT molecular complexity index is 796. The summed E-state index contributed by atoms with van der Waals surface area (Å²) in [6.07, 6.45) is -6.93. The molecule has 0 aromatic heterocycles. The van der Waals surface area contributed by atoms with Crippen LogP contribution in [0.5, 0.6) is 5.75 Å². The third-order valence-corrected chi connectivity index (χ3v) is 4.65. The van der Waals surface area contributed by atoms with Crippen molar-refractivity contribution in [2.45, 2.75) is 43.7 Å². The number of esters is 1. The minimum absolute atomic E-state index is 0.0542. The molecule has 29 heavy (non-hydrogen) atoms. The average Bonchev–Trinajstić information content (AvgIpc) is 2.74. The zero-order valence-corrected chi connectivity index (χ0v) is 15.6. The predicted octanol–water partition coefficient (Wildman–Crippen LogP) is 0.151. The van der Waals surface area contributed by atoms with Crippen molar-refractivity contribution in [2.75, 3.05) is 6.61 Å². The maximum Gasteiger partial charge on any atom is 0.310 e. The highest BCUT2D eigenvalue weighted by molar-refractivity contribution is 5.72. The number of aliphatic hydroxyl groups is 4. The van der Waals surface area contributed by atoms with E-state index in [1.807, 2.05) is 6.07 Å². The molecule has 3 rings (SSSR count). The maximum absolute atomic E-state index is 12.0. The Morgan fingerprint density at radius 1 is 0.931 bits per heavy atom.